The number of hydrogen-bond acceptors (Lipinski definition) is 3. The average Bonchev–Trinajstić information content (AvgIpc) is 2.95. The molecule has 0 radical (unpaired) electrons. The van der Waals surface area contributed by atoms with Crippen LogP contribution < -0.4 is 4.90 Å². The molecule has 0 aliphatic carbocycles. The molecule has 0 N–H and O–H groups in total. The second-order valence-corrected chi connectivity index (χ2v) is 6.12. The largest absolute Gasteiger partial charge is 0.363 e. The number of carbonyl (C=O) groups is 1. The lowest BCUT2D eigenvalue weighted by molar-refractivity contribution is 0.0644. The number of carbonyl (C=O) groups excluding carboxylic acids is 1. The van der Waals surface area contributed by atoms with Crippen LogP contribution in [0.2, 0.25) is 5.15 Å². The van der Waals surface area contributed by atoms with Crippen LogP contribution in [0.25, 0.3) is 0 Å². The van der Waals surface area contributed by atoms with Gasteiger partial charge in [-0.15, -0.1) is 0 Å². The van der Waals surface area contributed by atoms with E-state index in [1.54, 1.807) is 12.1 Å². The van der Waals surface area contributed by atoms with Gasteiger partial charge in [0.2, 0.25) is 0 Å². The number of anilines is 1. The van der Waals surface area contributed by atoms with E-state index in [2.05, 4.69) is 28.7 Å². The smallest absolute Gasteiger partial charge is 0.254 e. The van der Waals surface area contributed by atoms with E-state index >= 15 is 0 Å². The molecule has 0 saturated heterocycles. The molecule has 3 rings (SSSR count). The summed E-state index contributed by atoms with van der Waals surface area (Å²) >= 11 is 6.06. The van der Waals surface area contributed by atoms with Gasteiger partial charge in [-0.2, -0.15) is 0 Å². The van der Waals surface area contributed by atoms with Crippen LogP contribution in [0.15, 0.2) is 30.5 Å². The summed E-state index contributed by atoms with van der Waals surface area (Å²) in [6, 6.07) is 7.56. The van der Waals surface area contributed by atoms with E-state index in [1.807, 2.05) is 30.0 Å². The van der Waals surface area contributed by atoms with E-state index in [9.17, 15) is 4.79 Å². The molecule has 0 saturated carbocycles. The van der Waals surface area contributed by atoms with E-state index in [0.29, 0.717) is 23.1 Å². The van der Waals surface area contributed by atoms with Crippen molar-refractivity contribution in [1.82, 2.24) is 14.5 Å². The minimum absolute atomic E-state index is 0.00708. The minimum atomic E-state index is -0.00708. The van der Waals surface area contributed by atoms with Crippen LogP contribution in [0.5, 0.6) is 0 Å². The number of rotatable bonds is 2. The Morgan fingerprint density at radius 2 is 2.14 bits per heavy atom. The molecule has 0 fully saturated rings. The molecular formula is C16H19ClN4O. The zero-order chi connectivity index (χ0) is 15.9. The number of fused-ring (bicyclic) bond motifs is 1. The molecule has 0 spiro atoms. The molecule has 2 aromatic heterocycles. The molecule has 0 bridgehead atoms. The molecule has 22 heavy (non-hydrogen) atoms. The first-order chi connectivity index (χ1) is 10.5. The molecule has 1 aliphatic rings. The van der Waals surface area contributed by atoms with Gasteiger partial charge in [-0.3, -0.25) is 4.79 Å². The van der Waals surface area contributed by atoms with Gasteiger partial charge >= 0.3 is 0 Å². The SMILES string of the molecule is C[C@@H]1c2cccn2CCN1C(=O)c1cc(Cl)nc(N(C)C)c1. The molecule has 0 aromatic carbocycles. The minimum Gasteiger partial charge on any atom is -0.363 e. The van der Waals surface area contributed by atoms with Crippen molar-refractivity contribution in [2.75, 3.05) is 25.5 Å². The number of halogens is 1. The number of amides is 1. The third kappa shape index (κ3) is 2.57. The Hall–Kier alpha value is -2.01. The number of nitrogens with zero attached hydrogens (tertiary/aromatic N) is 4. The van der Waals surface area contributed by atoms with Crippen molar-refractivity contribution < 1.29 is 4.79 Å². The Bertz CT molecular complexity index is 710. The van der Waals surface area contributed by atoms with E-state index in [0.717, 1.165) is 12.2 Å². The summed E-state index contributed by atoms with van der Waals surface area (Å²) in [6.45, 7) is 3.56. The van der Waals surface area contributed by atoms with Crippen LogP contribution in [-0.4, -0.2) is 41.0 Å². The van der Waals surface area contributed by atoms with Crippen LogP contribution >= 0.6 is 11.6 Å². The highest BCUT2D eigenvalue weighted by molar-refractivity contribution is 6.29. The molecular weight excluding hydrogens is 300 g/mol. The zero-order valence-electron chi connectivity index (χ0n) is 13.0. The summed E-state index contributed by atoms with van der Waals surface area (Å²) in [5.74, 6) is 0.677. The molecule has 3 heterocycles. The summed E-state index contributed by atoms with van der Waals surface area (Å²) in [4.78, 5) is 20.8. The summed E-state index contributed by atoms with van der Waals surface area (Å²) in [5.41, 5.74) is 1.74. The van der Waals surface area contributed by atoms with Crippen molar-refractivity contribution in [2.24, 2.45) is 0 Å². The Balaban J connectivity index is 1.92. The molecule has 2 aromatic rings. The lowest BCUT2D eigenvalue weighted by Crippen LogP contribution is -2.40. The van der Waals surface area contributed by atoms with E-state index < -0.39 is 0 Å². The Morgan fingerprint density at radius 1 is 1.36 bits per heavy atom. The van der Waals surface area contributed by atoms with Gasteiger partial charge in [-0.05, 0) is 31.2 Å². The molecule has 6 heteroatoms. The van der Waals surface area contributed by atoms with Crippen molar-refractivity contribution in [1.29, 1.82) is 0 Å². The highest BCUT2D eigenvalue weighted by Crippen LogP contribution is 2.28. The molecule has 116 valence electrons. The summed E-state index contributed by atoms with van der Waals surface area (Å²) in [6.07, 6.45) is 2.06. The van der Waals surface area contributed by atoms with Gasteiger partial charge in [-0.25, -0.2) is 4.98 Å². The highest BCUT2D eigenvalue weighted by atomic mass is 35.5. The third-order valence-electron chi connectivity index (χ3n) is 4.09. The van der Waals surface area contributed by atoms with Crippen LogP contribution in [0, 0.1) is 0 Å². The van der Waals surface area contributed by atoms with Gasteiger partial charge in [0.25, 0.3) is 5.91 Å². The third-order valence-corrected chi connectivity index (χ3v) is 4.28. The highest BCUT2D eigenvalue weighted by Gasteiger charge is 2.28. The summed E-state index contributed by atoms with van der Waals surface area (Å²) in [7, 11) is 3.76. The van der Waals surface area contributed by atoms with Crippen molar-refractivity contribution in [3.05, 3.63) is 46.9 Å². The summed E-state index contributed by atoms with van der Waals surface area (Å²) in [5, 5.41) is 0.336. The fraction of sp³-hybridized carbons (Fsp3) is 0.375. The molecule has 5 nitrogen and oxygen atoms in total. The maximum atomic E-state index is 12.9. The maximum absolute atomic E-state index is 12.9. The number of pyridine rings is 1. The quantitative estimate of drug-likeness (QED) is 0.800. The number of hydrogen-bond donors (Lipinski definition) is 0. The Morgan fingerprint density at radius 3 is 2.86 bits per heavy atom. The van der Waals surface area contributed by atoms with Crippen molar-refractivity contribution in [3.8, 4) is 0 Å². The van der Waals surface area contributed by atoms with Crippen molar-refractivity contribution in [3.63, 3.8) is 0 Å². The molecule has 1 aliphatic heterocycles. The maximum Gasteiger partial charge on any atom is 0.254 e. The first kappa shape index (κ1) is 14.9. The predicted octanol–water partition coefficient (Wildman–Crippen LogP) is 2.82. The first-order valence-corrected chi connectivity index (χ1v) is 7.66. The molecule has 1 atom stereocenters. The van der Waals surface area contributed by atoms with Crippen molar-refractivity contribution >= 4 is 23.3 Å². The second kappa shape index (κ2) is 5.65. The van der Waals surface area contributed by atoms with E-state index in [1.165, 1.54) is 0 Å². The lowest BCUT2D eigenvalue weighted by Gasteiger charge is -2.35. The van der Waals surface area contributed by atoms with E-state index in [-0.39, 0.29) is 11.9 Å². The standard InChI is InChI=1S/C16H19ClN4O/c1-11-13-5-4-6-20(13)7-8-21(11)16(22)12-9-14(17)18-15(10-12)19(2)3/h4-6,9-11H,7-8H2,1-3H3/t11-/m1/s1. The van der Waals surface area contributed by atoms with Gasteiger partial charge in [0, 0.05) is 44.6 Å². The second-order valence-electron chi connectivity index (χ2n) is 5.73. The van der Waals surface area contributed by atoms with Crippen LogP contribution in [0.1, 0.15) is 29.0 Å². The summed E-state index contributed by atoms with van der Waals surface area (Å²) < 4.78 is 2.19. The van der Waals surface area contributed by atoms with Crippen LogP contribution in [0.4, 0.5) is 5.82 Å². The number of aromatic nitrogens is 2. The fourth-order valence-corrected chi connectivity index (χ4v) is 3.06. The van der Waals surface area contributed by atoms with Gasteiger partial charge in [-0.1, -0.05) is 11.6 Å². The van der Waals surface area contributed by atoms with Gasteiger partial charge in [0.05, 0.1) is 6.04 Å². The first-order valence-electron chi connectivity index (χ1n) is 7.28. The normalized spacial score (nSPS) is 17.3. The Labute approximate surface area is 135 Å². The molecule has 0 unspecified atom stereocenters. The monoisotopic (exact) mass is 318 g/mol. The topological polar surface area (TPSA) is 41.4 Å². The van der Waals surface area contributed by atoms with Gasteiger partial charge in [0.15, 0.2) is 0 Å². The van der Waals surface area contributed by atoms with E-state index in [4.69, 9.17) is 11.6 Å². The van der Waals surface area contributed by atoms with Gasteiger partial charge < -0.3 is 14.4 Å². The zero-order valence-corrected chi connectivity index (χ0v) is 13.7. The lowest BCUT2D eigenvalue weighted by atomic mass is 10.1. The average molecular weight is 319 g/mol. The van der Waals surface area contributed by atoms with Crippen LogP contribution in [0.3, 0.4) is 0 Å². The predicted molar refractivity (Wildman–Crippen MR) is 87.5 cm³/mol. The van der Waals surface area contributed by atoms with Crippen LogP contribution in [-0.2, 0) is 6.54 Å². The Kier molecular flexibility index (Phi) is 3.83. The van der Waals surface area contributed by atoms with Crippen molar-refractivity contribution in [2.45, 2.75) is 19.5 Å². The molecule has 1 amide bonds. The van der Waals surface area contributed by atoms with Gasteiger partial charge in [0.1, 0.15) is 11.0 Å². The fourth-order valence-electron chi connectivity index (χ4n) is 2.86.